The molecule has 0 unspecified atom stereocenters. The summed E-state index contributed by atoms with van der Waals surface area (Å²) < 4.78 is 20.0. The number of hydrogen-bond donors (Lipinski definition) is 0. The molecule has 2 heteroatoms. The maximum atomic E-state index is 10.0. The van der Waals surface area contributed by atoms with Crippen LogP contribution in [0, 0.1) is 6.92 Å². The van der Waals surface area contributed by atoms with Gasteiger partial charge in [-0.05, 0) is 0 Å². The Morgan fingerprint density at radius 3 is 1.50 bits per heavy atom. The predicted octanol–water partition coefficient (Wildman–Crippen LogP) is 0.840. The van der Waals surface area contributed by atoms with Crippen LogP contribution in [-0.4, -0.2) is 6.43 Å². The van der Waals surface area contributed by atoms with Crippen molar-refractivity contribution in [1.29, 1.82) is 0 Å². The molecule has 0 aliphatic heterocycles. The van der Waals surface area contributed by atoms with E-state index in [2.05, 4.69) is 0 Å². The molecule has 0 aromatic rings. The van der Waals surface area contributed by atoms with Gasteiger partial charge >= 0.3 is 0 Å². The van der Waals surface area contributed by atoms with Gasteiger partial charge in [0.05, 0.1) is 6.92 Å². The molecule has 0 bridgehead atoms. The van der Waals surface area contributed by atoms with E-state index in [4.69, 9.17) is 6.92 Å². The average Bonchev–Trinajstić information content (AvgIpc) is 0.811. The highest BCUT2D eigenvalue weighted by molar-refractivity contribution is 4.30. The van der Waals surface area contributed by atoms with Crippen molar-refractivity contribution in [2.45, 2.75) is 6.43 Å². The third kappa shape index (κ3) is 70.2. The Kier molecular flexibility index (Phi) is 1.17. The van der Waals surface area contributed by atoms with Crippen LogP contribution < -0.4 is 0 Å². The molecule has 0 aromatic heterocycles. The molecular weight excluding hydrogens is 62.0 g/mol. The molecule has 0 N–H and O–H groups in total. The molecule has 0 amide bonds. The Labute approximate surface area is 23.4 Å². The zero-order valence-electron chi connectivity index (χ0n) is 1.83. The SMILES string of the molecule is [C]C(F)F. The largest absolute Gasteiger partial charge is 0.246 e. The molecule has 0 rings (SSSR count). The van der Waals surface area contributed by atoms with Crippen LogP contribution in [-0.2, 0) is 0 Å². The molecule has 0 spiro atoms. The maximum Gasteiger partial charge on any atom is 0.246 e. The van der Waals surface area contributed by atoms with Crippen molar-refractivity contribution in [3.05, 3.63) is 6.92 Å². The minimum atomic E-state index is -2.92. The van der Waals surface area contributed by atoms with Gasteiger partial charge in [0.25, 0.3) is 0 Å². The zero-order valence-corrected chi connectivity index (χ0v) is 1.83. The van der Waals surface area contributed by atoms with Gasteiger partial charge in [0, 0.05) is 0 Å². The number of halogens is 2. The maximum absolute atomic E-state index is 10.0. The van der Waals surface area contributed by atoms with Crippen LogP contribution in [0.2, 0.25) is 0 Å². The molecule has 0 aliphatic carbocycles. The van der Waals surface area contributed by atoms with Gasteiger partial charge in [-0.2, -0.15) is 0 Å². The van der Waals surface area contributed by atoms with Crippen LogP contribution in [0.1, 0.15) is 0 Å². The van der Waals surface area contributed by atoms with Crippen LogP contribution in [0.4, 0.5) is 8.78 Å². The summed E-state index contributed by atoms with van der Waals surface area (Å²) in [6, 6.07) is 0. The summed E-state index contributed by atoms with van der Waals surface area (Å²) >= 11 is 0. The van der Waals surface area contributed by atoms with E-state index in [1.54, 1.807) is 0 Å². The molecule has 23 valence electrons. The van der Waals surface area contributed by atoms with Gasteiger partial charge < -0.3 is 0 Å². The lowest BCUT2D eigenvalue weighted by Crippen LogP contribution is -1.70. The second-order valence-electron chi connectivity index (χ2n) is 0.301. The van der Waals surface area contributed by atoms with Gasteiger partial charge in [0.2, 0.25) is 6.43 Å². The molecule has 0 aliphatic rings. The topological polar surface area (TPSA) is 0 Å². The third-order valence-electron chi connectivity index (χ3n) is 0. The summed E-state index contributed by atoms with van der Waals surface area (Å²) in [4.78, 5) is 0. The van der Waals surface area contributed by atoms with Gasteiger partial charge in [-0.3, -0.25) is 0 Å². The monoisotopic (exact) mass is 63.0 g/mol. The average molecular weight is 63.0 g/mol. The normalized spacial score (nSPS) is 9.00. The quantitative estimate of drug-likeness (QED) is 0.390. The lowest BCUT2D eigenvalue weighted by atomic mass is 10.9. The summed E-state index contributed by atoms with van der Waals surface area (Å²) in [5.74, 6) is 0. The van der Waals surface area contributed by atoms with Crippen molar-refractivity contribution in [3.63, 3.8) is 0 Å². The lowest BCUT2D eigenvalue weighted by molar-refractivity contribution is 0.201. The molecule has 0 aromatic carbocycles. The van der Waals surface area contributed by atoms with E-state index in [-0.39, 0.29) is 0 Å². The summed E-state index contributed by atoms with van der Waals surface area (Å²) in [6.45, 7) is 5.25. The van der Waals surface area contributed by atoms with Crippen LogP contribution in [0.25, 0.3) is 0 Å². The fourth-order valence-electron chi connectivity index (χ4n) is 0. The van der Waals surface area contributed by atoms with Crippen molar-refractivity contribution in [1.82, 2.24) is 0 Å². The van der Waals surface area contributed by atoms with Gasteiger partial charge in [0.1, 0.15) is 0 Å². The molecule has 0 heterocycles. The van der Waals surface area contributed by atoms with E-state index in [0.29, 0.717) is 0 Å². The highest BCUT2D eigenvalue weighted by Crippen LogP contribution is 1.81. The van der Waals surface area contributed by atoms with Crippen molar-refractivity contribution in [3.8, 4) is 0 Å². The fourth-order valence-corrected chi connectivity index (χ4v) is 0. The zero-order chi connectivity index (χ0) is 3.58. The van der Waals surface area contributed by atoms with E-state index in [9.17, 15) is 8.78 Å². The standard InChI is InChI=1S/C2HF2/c1-2(3)4/h2H. The Bertz CT molecular complexity index is 8.75. The summed E-state index contributed by atoms with van der Waals surface area (Å²) in [7, 11) is 0. The minimum absolute atomic E-state index is 2.92. The Morgan fingerprint density at radius 1 is 1.50 bits per heavy atom. The highest BCUT2D eigenvalue weighted by atomic mass is 19.3. The predicted molar refractivity (Wildman–Crippen MR) is 9.25 cm³/mol. The molecule has 4 heavy (non-hydrogen) atoms. The van der Waals surface area contributed by atoms with Crippen LogP contribution >= 0.6 is 0 Å². The Balaban J connectivity index is 2.32. The van der Waals surface area contributed by atoms with Crippen LogP contribution in [0.5, 0.6) is 0 Å². The molecule has 0 atom stereocenters. The third-order valence-corrected chi connectivity index (χ3v) is 0. The van der Waals surface area contributed by atoms with Crippen molar-refractivity contribution in [2.75, 3.05) is 0 Å². The first kappa shape index (κ1) is 3.86. The smallest absolute Gasteiger partial charge is 0.210 e. The Morgan fingerprint density at radius 2 is 1.50 bits per heavy atom. The number of rotatable bonds is 0. The lowest BCUT2D eigenvalue weighted by Gasteiger charge is -1.68. The first-order valence-electron chi connectivity index (χ1n) is 0.725. The minimum Gasteiger partial charge on any atom is -0.210 e. The van der Waals surface area contributed by atoms with E-state index < -0.39 is 6.43 Å². The molecular formula is C2HF2. The van der Waals surface area contributed by atoms with Crippen molar-refractivity contribution < 1.29 is 8.78 Å². The number of alkyl halides is 2. The van der Waals surface area contributed by atoms with Crippen molar-refractivity contribution in [2.24, 2.45) is 0 Å². The molecule has 0 saturated heterocycles. The van der Waals surface area contributed by atoms with Crippen molar-refractivity contribution >= 4 is 0 Å². The molecule has 0 nitrogen and oxygen atoms in total. The van der Waals surface area contributed by atoms with Gasteiger partial charge in [-0.25, -0.2) is 8.78 Å². The fraction of sp³-hybridized carbons (Fsp3) is 0.500. The second kappa shape index (κ2) is 1.21. The van der Waals surface area contributed by atoms with Crippen LogP contribution in [0.15, 0.2) is 0 Å². The molecule has 0 saturated carbocycles. The first-order valence-corrected chi connectivity index (χ1v) is 0.725. The first-order chi connectivity index (χ1) is 1.73. The van der Waals surface area contributed by atoms with Crippen LogP contribution in [0.3, 0.4) is 0 Å². The van der Waals surface area contributed by atoms with Gasteiger partial charge in [0.15, 0.2) is 0 Å². The number of hydrogen-bond acceptors (Lipinski definition) is 0. The Hall–Kier alpha value is -0.140. The molecule has 3 radical (unpaired) electrons. The van der Waals surface area contributed by atoms with E-state index in [0.717, 1.165) is 0 Å². The van der Waals surface area contributed by atoms with E-state index in [1.165, 1.54) is 0 Å². The second-order valence-corrected chi connectivity index (χ2v) is 0.301. The summed E-state index contributed by atoms with van der Waals surface area (Å²) in [6.07, 6.45) is -2.92. The van der Waals surface area contributed by atoms with Gasteiger partial charge in [-0.15, -0.1) is 0 Å². The summed E-state index contributed by atoms with van der Waals surface area (Å²) in [5.41, 5.74) is 0. The molecule has 0 fully saturated rings. The summed E-state index contributed by atoms with van der Waals surface area (Å²) in [5, 5.41) is 0. The van der Waals surface area contributed by atoms with Gasteiger partial charge in [-0.1, -0.05) is 0 Å². The highest BCUT2D eigenvalue weighted by Gasteiger charge is 1.81. The van der Waals surface area contributed by atoms with E-state index in [1.807, 2.05) is 0 Å². The van der Waals surface area contributed by atoms with E-state index >= 15 is 0 Å².